The van der Waals surface area contributed by atoms with E-state index in [9.17, 15) is 0 Å². The second-order valence-electron chi connectivity index (χ2n) is 14.4. The zero-order valence-corrected chi connectivity index (χ0v) is 31.6. The molecule has 0 amide bonds. The number of hydrogen-bond donors (Lipinski definition) is 0. The summed E-state index contributed by atoms with van der Waals surface area (Å²) >= 11 is 0. The summed E-state index contributed by atoms with van der Waals surface area (Å²) < 4.78 is 15.1. The van der Waals surface area contributed by atoms with E-state index in [1.807, 2.05) is 60.7 Å². The molecule has 56 heavy (non-hydrogen) atoms. The van der Waals surface area contributed by atoms with Gasteiger partial charge in [0.2, 0.25) is 0 Å². The topological polar surface area (TPSA) is 17.1 Å². The Bertz CT molecular complexity index is 3010. The van der Waals surface area contributed by atoms with E-state index in [-0.39, 0.29) is 0 Å². The number of hydrogen-bond acceptors (Lipinski definition) is 1. The van der Waals surface area contributed by atoms with Gasteiger partial charge in [-0.3, -0.25) is 0 Å². The first kappa shape index (κ1) is 33.8. The van der Waals surface area contributed by atoms with Gasteiger partial charge in [0.15, 0.2) is 7.14 Å². The van der Waals surface area contributed by atoms with Crippen LogP contribution in [0.2, 0.25) is 0 Å². The van der Waals surface area contributed by atoms with Crippen molar-refractivity contribution in [2.75, 3.05) is 0 Å². The fraction of sp³-hybridized carbons (Fsp3) is 0. The molecule has 10 aromatic rings. The molecule has 0 spiro atoms. The van der Waals surface area contributed by atoms with Crippen LogP contribution in [0.15, 0.2) is 224 Å². The Hall–Kier alpha value is -6.79. The Morgan fingerprint density at radius 1 is 0.268 bits per heavy atom. The summed E-state index contributed by atoms with van der Waals surface area (Å²) in [6.07, 6.45) is 0. The fourth-order valence-corrected chi connectivity index (χ4v) is 11.1. The van der Waals surface area contributed by atoms with Gasteiger partial charge >= 0.3 is 0 Å². The standard InChI is InChI=1S/C54H37OP/c55-56(44-19-6-2-7-20-44,45-21-8-3-9-22-45)46-34-31-40(32-35-46)43-33-36-51-52(37-43)54(48-26-14-18-41-17-10-11-23-47(41)48)50-25-13-12-24-49(50)53(51)42-29-27-39(28-30-42)38-15-4-1-5-16-38/h1-37H. The highest BCUT2D eigenvalue weighted by Gasteiger charge is 2.29. The average molecular weight is 733 g/mol. The molecule has 10 aromatic carbocycles. The molecule has 0 aliphatic rings. The molecule has 0 N–H and O–H groups in total. The fourth-order valence-electron chi connectivity index (χ4n) is 8.45. The zero-order valence-electron chi connectivity index (χ0n) is 30.7. The van der Waals surface area contributed by atoms with Crippen LogP contribution < -0.4 is 15.9 Å². The highest BCUT2D eigenvalue weighted by atomic mass is 31.2. The summed E-state index contributed by atoms with van der Waals surface area (Å²) in [5.74, 6) is 0. The molecular formula is C54H37OP. The summed E-state index contributed by atoms with van der Waals surface area (Å²) in [6.45, 7) is 0. The minimum atomic E-state index is -3.09. The van der Waals surface area contributed by atoms with Crippen molar-refractivity contribution in [3.8, 4) is 44.5 Å². The van der Waals surface area contributed by atoms with E-state index in [0.29, 0.717) is 0 Å². The van der Waals surface area contributed by atoms with Gasteiger partial charge in [0.05, 0.1) is 0 Å². The Morgan fingerprint density at radius 2 is 0.696 bits per heavy atom. The van der Waals surface area contributed by atoms with Crippen LogP contribution in [0.1, 0.15) is 0 Å². The molecule has 0 saturated heterocycles. The lowest BCUT2D eigenvalue weighted by Gasteiger charge is -2.21. The third kappa shape index (κ3) is 5.77. The third-order valence-electron chi connectivity index (χ3n) is 11.2. The molecular weight excluding hydrogens is 696 g/mol. The Balaban J connectivity index is 1.19. The van der Waals surface area contributed by atoms with E-state index in [2.05, 4.69) is 164 Å². The SMILES string of the molecule is O=P(c1ccccc1)(c1ccccc1)c1ccc(-c2ccc3c(-c4ccc(-c5ccccc5)cc4)c4ccccc4c(-c4cccc5ccccc45)c3c2)cc1. The van der Waals surface area contributed by atoms with Crippen molar-refractivity contribution in [3.05, 3.63) is 224 Å². The highest BCUT2D eigenvalue weighted by Crippen LogP contribution is 2.47. The summed E-state index contributed by atoms with van der Waals surface area (Å²) in [6, 6.07) is 78.8. The third-order valence-corrected chi connectivity index (χ3v) is 14.2. The molecule has 1 nitrogen and oxygen atoms in total. The van der Waals surface area contributed by atoms with Crippen LogP contribution in [-0.4, -0.2) is 0 Å². The van der Waals surface area contributed by atoms with Crippen molar-refractivity contribution in [3.63, 3.8) is 0 Å². The van der Waals surface area contributed by atoms with E-state index >= 15 is 4.57 Å². The van der Waals surface area contributed by atoms with E-state index in [0.717, 1.165) is 27.0 Å². The van der Waals surface area contributed by atoms with Gasteiger partial charge in [-0.15, -0.1) is 0 Å². The molecule has 10 rings (SSSR count). The molecule has 0 radical (unpaired) electrons. The Morgan fingerprint density at radius 3 is 1.36 bits per heavy atom. The molecule has 2 heteroatoms. The van der Waals surface area contributed by atoms with Gasteiger partial charge in [-0.25, -0.2) is 0 Å². The average Bonchev–Trinajstić information content (AvgIpc) is 3.28. The first-order chi connectivity index (χ1) is 27.7. The summed E-state index contributed by atoms with van der Waals surface area (Å²) in [4.78, 5) is 0. The van der Waals surface area contributed by atoms with Gasteiger partial charge in [-0.1, -0.05) is 218 Å². The van der Waals surface area contributed by atoms with E-state index in [1.54, 1.807) is 0 Å². The van der Waals surface area contributed by atoms with Gasteiger partial charge in [0.25, 0.3) is 0 Å². The Labute approximate surface area is 327 Å². The van der Waals surface area contributed by atoms with Gasteiger partial charge in [-0.05, 0) is 82.9 Å². The molecule has 0 unspecified atom stereocenters. The molecule has 0 fully saturated rings. The van der Waals surface area contributed by atoms with Crippen LogP contribution in [0, 0.1) is 0 Å². The van der Waals surface area contributed by atoms with Crippen molar-refractivity contribution in [2.24, 2.45) is 0 Å². The zero-order chi connectivity index (χ0) is 37.5. The van der Waals surface area contributed by atoms with Crippen molar-refractivity contribution in [2.45, 2.75) is 0 Å². The van der Waals surface area contributed by atoms with Crippen molar-refractivity contribution in [1.29, 1.82) is 0 Å². The lowest BCUT2D eigenvalue weighted by Crippen LogP contribution is -2.24. The normalized spacial score (nSPS) is 11.6. The van der Waals surface area contributed by atoms with Crippen LogP contribution in [0.25, 0.3) is 76.8 Å². The minimum Gasteiger partial charge on any atom is -0.309 e. The number of rotatable bonds is 7. The maximum absolute atomic E-state index is 15.1. The van der Waals surface area contributed by atoms with Crippen LogP contribution in [0.5, 0.6) is 0 Å². The summed E-state index contributed by atoms with van der Waals surface area (Å²) in [5, 5.41) is 9.79. The van der Waals surface area contributed by atoms with Gasteiger partial charge < -0.3 is 4.57 Å². The first-order valence-corrected chi connectivity index (χ1v) is 20.8. The summed E-state index contributed by atoms with van der Waals surface area (Å²) in [7, 11) is -3.09. The lowest BCUT2D eigenvalue weighted by molar-refractivity contribution is 0.592. The van der Waals surface area contributed by atoms with Gasteiger partial charge in [0, 0.05) is 15.9 Å². The van der Waals surface area contributed by atoms with Crippen LogP contribution in [0.3, 0.4) is 0 Å². The summed E-state index contributed by atoms with van der Waals surface area (Å²) in [5.41, 5.74) is 9.46. The minimum absolute atomic E-state index is 0.822. The predicted octanol–water partition coefficient (Wildman–Crippen LogP) is 13.5. The van der Waals surface area contributed by atoms with E-state index < -0.39 is 7.14 Å². The number of benzene rings is 10. The van der Waals surface area contributed by atoms with Crippen molar-refractivity contribution in [1.82, 2.24) is 0 Å². The van der Waals surface area contributed by atoms with Crippen molar-refractivity contribution < 1.29 is 4.57 Å². The largest absolute Gasteiger partial charge is 0.309 e. The number of fused-ring (bicyclic) bond motifs is 3. The van der Waals surface area contributed by atoms with Crippen LogP contribution in [0.4, 0.5) is 0 Å². The monoisotopic (exact) mass is 732 g/mol. The van der Waals surface area contributed by atoms with E-state index in [1.165, 1.54) is 65.7 Å². The smallest absolute Gasteiger partial charge is 0.171 e. The van der Waals surface area contributed by atoms with Gasteiger partial charge in [0.1, 0.15) is 0 Å². The van der Waals surface area contributed by atoms with Crippen molar-refractivity contribution >= 4 is 55.4 Å². The lowest BCUT2D eigenvalue weighted by atomic mass is 9.83. The molecule has 0 bridgehead atoms. The van der Waals surface area contributed by atoms with E-state index in [4.69, 9.17) is 0 Å². The molecule has 0 atom stereocenters. The second kappa shape index (κ2) is 14.1. The molecule has 0 saturated carbocycles. The molecule has 0 aromatic heterocycles. The Kier molecular flexibility index (Phi) is 8.52. The molecule has 0 heterocycles. The highest BCUT2D eigenvalue weighted by molar-refractivity contribution is 7.85. The maximum atomic E-state index is 15.1. The quantitative estimate of drug-likeness (QED) is 0.118. The second-order valence-corrected chi connectivity index (χ2v) is 17.1. The van der Waals surface area contributed by atoms with Crippen LogP contribution >= 0.6 is 7.14 Å². The molecule has 264 valence electrons. The molecule has 0 aliphatic carbocycles. The van der Waals surface area contributed by atoms with Crippen LogP contribution in [-0.2, 0) is 4.57 Å². The maximum Gasteiger partial charge on any atom is 0.171 e. The predicted molar refractivity (Wildman–Crippen MR) is 240 cm³/mol. The van der Waals surface area contributed by atoms with Gasteiger partial charge in [-0.2, -0.15) is 0 Å². The molecule has 0 aliphatic heterocycles. The first-order valence-electron chi connectivity index (χ1n) is 19.1.